The van der Waals surface area contributed by atoms with Gasteiger partial charge in [-0.15, -0.1) is 24.8 Å². The van der Waals surface area contributed by atoms with Gasteiger partial charge in [-0.05, 0) is 51.4 Å². The first kappa shape index (κ1) is 18.8. The molecule has 1 rings (SSSR count). The van der Waals surface area contributed by atoms with Crippen molar-refractivity contribution in [1.29, 1.82) is 0 Å². The van der Waals surface area contributed by atoms with Crippen molar-refractivity contribution in [3.8, 4) is 0 Å². The van der Waals surface area contributed by atoms with Crippen molar-refractivity contribution in [2.24, 2.45) is 5.92 Å². The molecule has 100 valence electrons. The van der Waals surface area contributed by atoms with Crippen LogP contribution in [0.1, 0.15) is 26.2 Å². The predicted molar refractivity (Wildman–Crippen MR) is 73.9 cm³/mol. The molecule has 1 aliphatic heterocycles. The Hall–Kier alpha value is 0.460. The van der Waals surface area contributed by atoms with Gasteiger partial charge < -0.3 is 15.3 Å². The Kier molecular flexibility index (Phi) is 14.0. The second-order valence-corrected chi connectivity index (χ2v) is 4.14. The molecule has 2 N–H and O–H groups in total. The molecule has 0 aromatic carbocycles. The number of aliphatic hydroxyl groups is 1. The van der Waals surface area contributed by atoms with Crippen LogP contribution in [0.2, 0.25) is 0 Å². The smallest absolute Gasteiger partial charge is 0.0558 e. The molecule has 0 aromatic rings. The molecule has 1 heterocycles. The van der Waals surface area contributed by atoms with Gasteiger partial charge in [-0.2, -0.15) is 0 Å². The van der Waals surface area contributed by atoms with Crippen molar-refractivity contribution in [1.82, 2.24) is 10.2 Å². The van der Waals surface area contributed by atoms with Gasteiger partial charge in [-0.25, -0.2) is 0 Å². The third-order valence-electron chi connectivity index (χ3n) is 3.18. The molecule has 16 heavy (non-hydrogen) atoms. The highest BCUT2D eigenvalue weighted by Crippen LogP contribution is 2.15. The molecule has 1 aliphatic rings. The van der Waals surface area contributed by atoms with E-state index < -0.39 is 0 Å². The van der Waals surface area contributed by atoms with E-state index >= 15 is 0 Å². The number of piperidine rings is 1. The Morgan fingerprint density at radius 2 is 1.81 bits per heavy atom. The maximum absolute atomic E-state index is 8.85. The van der Waals surface area contributed by atoms with Crippen LogP contribution >= 0.6 is 24.8 Å². The number of hydrogen-bond donors (Lipinski definition) is 2. The van der Waals surface area contributed by atoms with E-state index in [1.165, 1.54) is 32.4 Å². The zero-order chi connectivity index (χ0) is 10.2. The number of likely N-dealkylation sites (N-methyl/N-ethyl adjacent to an activating group) is 1. The molecule has 1 fully saturated rings. The second-order valence-electron chi connectivity index (χ2n) is 4.14. The van der Waals surface area contributed by atoms with Crippen molar-refractivity contribution in [3.63, 3.8) is 0 Å². The molecule has 0 atom stereocenters. The minimum absolute atomic E-state index is 0. The summed E-state index contributed by atoms with van der Waals surface area (Å²) in [5, 5.41) is 12.2. The zero-order valence-corrected chi connectivity index (χ0v) is 11.8. The van der Waals surface area contributed by atoms with E-state index in [4.69, 9.17) is 5.11 Å². The van der Waals surface area contributed by atoms with Gasteiger partial charge in [-0.1, -0.05) is 6.92 Å². The highest BCUT2D eigenvalue weighted by atomic mass is 35.5. The summed E-state index contributed by atoms with van der Waals surface area (Å²) >= 11 is 0. The number of nitrogens with one attached hydrogen (secondary N) is 1. The SMILES string of the molecule is CCN(CCO)CCC1CCNCC1.Cl.Cl. The van der Waals surface area contributed by atoms with Crippen LogP contribution in [0.5, 0.6) is 0 Å². The molecule has 0 aliphatic carbocycles. The topological polar surface area (TPSA) is 35.5 Å². The third kappa shape index (κ3) is 7.69. The van der Waals surface area contributed by atoms with Crippen LogP contribution in [-0.4, -0.2) is 49.3 Å². The number of aliphatic hydroxyl groups excluding tert-OH is 1. The standard InChI is InChI=1S/C11H24N2O.2ClH/c1-2-13(9-10-14)8-5-11-3-6-12-7-4-11;;/h11-12,14H,2-10H2,1H3;2*1H. The van der Waals surface area contributed by atoms with Crippen LogP contribution < -0.4 is 5.32 Å². The lowest BCUT2D eigenvalue weighted by Crippen LogP contribution is -2.32. The molecule has 0 radical (unpaired) electrons. The Balaban J connectivity index is 0. The van der Waals surface area contributed by atoms with Crippen molar-refractivity contribution in [2.75, 3.05) is 39.3 Å². The van der Waals surface area contributed by atoms with Crippen LogP contribution in [0.25, 0.3) is 0 Å². The normalized spacial score (nSPS) is 16.7. The van der Waals surface area contributed by atoms with Crippen molar-refractivity contribution < 1.29 is 5.11 Å². The van der Waals surface area contributed by atoms with E-state index in [2.05, 4.69) is 17.1 Å². The minimum Gasteiger partial charge on any atom is -0.395 e. The maximum Gasteiger partial charge on any atom is 0.0558 e. The van der Waals surface area contributed by atoms with Gasteiger partial charge in [0.25, 0.3) is 0 Å². The summed E-state index contributed by atoms with van der Waals surface area (Å²) in [4.78, 5) is 2.34. The molecule has 0 spiro atoms. The molecule has 5 heteroatoms. The summed E-state index contributed by atoms with van der Waals surface area (Å²) in [6.07, 6.45) is 3.96. The Morgan fingerprint density at radius 3 is 2.31 bits per heavy atom. The fraction of sp³-hybridized carbons (Fsp3) is 1.00. The van der Waals surface area contributed by atoms with Gasteiger partial charge >= 0.3 is 0 Å². The average molecular weight is 273 g/mol. The molecule has 0 saturated carbocycles. The number of nitrogens with zero attached hydrogens (tertiary/aromatic N) is 1. The third-order valence-corrected chi connectivity index (χ3v) is 3.18. The molecule has 0 aromatic heterocycles. The van der Waals surface area contributed by atoms with E-state index in [-0.39, 0.29) is 24.8 Å². The van der Waals surface area contributed by atoms with Gasteiger partial charge in [0.1, 0.15) is 0 Å². The van der Waals surface area contributed by atoms with Gasteiger partial charge in [0.05, 0.1) is 6.61 Å². The lowest BCUT2D eigenvalue weighted by Gasteiger charge is -2.26. The van der Waals surface area contributed by atoms with Crippen LogP contribution in [0, 0.1) is 5.92 Å². The summed E-state index contributed by atoms with van der Waals surface area (Å²) < 4.78 is 0. The highest BCUT2D eigenvalue weighted by Gasteiger charge is 2.13. The van der Waals surface area contributed by atoms with Crippen molar-refractivity contribution in [2.45, 2.75) is 26.2 Å². The molecule has 0 bridgehead atoms. The number of rotatable bonds is 6. The first-order valence-electron chi connectivity index (χ1n) is 5.90. The number of hydrogen-bond acceptors (Lipinski definition) is 3. The summed E-state index contributed by atoms with van der Waals surface area (Å²) in [6, 6.07) is 0. The average Bonchev–Trinajstić information content (AvgIpc) is 2.25. The first-order chi connectivity index (χ1) is 6.86. The van der Waals surface area contributed by atoms with E-state index in [1.54, 1.807) is 0 Å². The van der Waals surface area contributed by atoms with Crippen LogP contribution in [0.4, 0.5) is 0 Å². The Bertz CT molecular complexity index is 139. The molecule has 0 amide bonds. The van der Waals surface area contributed by atoms with Crippen LogP contribution in [0.15, 0.2) is 0 Å². The Labute approximate surface area is 112 Å². The Morgan fingerprint density at radius 1 is 1.19 bits per heavy atom. The molecular formula is C11H26Cl2N2O. The maximum atomic E-state index is 8.85. The van der Waals surface area contributed by atoms with E-state index in [0.29, 0.717) is 6.61 Å². The predicted octanol–water partition coefficient (Wildman–Crippen LogP) is 1.53. The monoisotopic (exact) mass is 272 g/mol. The van der Waals surface area contributed by atoms with Crippen molar-refractivity contribution >= 4 is 24.8 Å². The van der Waals surface area contributed by atoms with Gasteiger partial charge in [0.15, 0.2) is 0 Å². The van der Waals surface area contributed by atoms with Crippen LogP contribution in [0.3, 0.4) is 0 Å². The van der Waals surface area contributed by atoms with Gasteiger partial charge in [-0.3, -0.25) is 0 Å². The van der Waals surface area contributed by atoms with Gasteiger partial charge in [0, 0.05) is 6.54 Å². The second kappa shape index (κ2) is 11.9. The molecule has 0 unspecified atom stereocenters. The first-order valence-corrected chi connectivity index (χ1v) is 5.90. The van der Waals surface area contributed by atoms with E-state index in [9.17, 15) is 0 Å². The summed E-state index contributed by atoms with van der Waals surface area (Å²) in [7, 11) is 0. The largest absolute Gasteiger partial charge is 0.395 e. The summed E-state index contributed by atoms with van der Waals surface area (Å²) in [6.45, 7) is 7.89. The minimum atomic E-state index is 0. The lowest BCUT2D eigenvalue weighted by atomic mass is 9.94. The molecular weight excluding hydrogens is 247 g/mol. The van der Waals surface area contributed by atoms with Gasteiger partial charge in [0.2, 0.25) is 0 Å². The van der Waals surface area contributed by atoms with E-state index in [1.807, 2.05) is 0 Å². The summed E-state index contributed by atoms with van der Waals surface area (Å²) in [5.74, 6) is 0.906. The molecule has 3 nitrogen and oxygen atoms in total. The molecule has 1 saturated heterocycles. The summed E-state index contributed by atoms with van der Waals surface area (Å²) in [5.41, 5.74) is 0. The fourth-order valence-corrected chi connectivity index (χ4v) is 2.10. The van der Waals surface area contributed by atoms with E-state index in [0.717, 1.165) is 25.6 Å². The zero-order valence-electron chi connectivity index (χ0n) is 10.2. The lowest BCUT2D eigenvalue weighted by molar-refractivity contribution is 0.187. The fourth-order valence-electron chi connectivity index (χ4n) is 2.10. The highest BCUT2D eigenvalue weighted by molar-refractivity contribution is 5.85. The number of halogens is 2. The van der Waals surface area contributed by atoms with Crippen molar-refractivity contribution in [3.05, 3.63) is 0 Å². The van der Waals surface area contributed by atoms with Crippen LogP contribution in [-0.2, 0) is 0 Å². The quantitative estimate of drug-likeness (QED) is 0.770.